The van der Waals surface area contributed by atoms with Gasteiger partial charge in [0.1, 0.15) is 0 Å². The molecule has 1 aliphatic carbocycles. The molecule has 0 bridgehead atoms. The van der Waals surface area contributed by atoms with Crippen LogP contribution >= 0.6 is 0 Å². The normalized spacial score (nSPS) is 17.2. The molecule has 1 amide bonds. The molecule has 0 aromatic heterocycles. The molecule has 0 spiro atoms. The van der Waals surface area contributed by atoms with Gasteiger partial charge in [0.2, 0.25) is 5.91 Å². The van der Waals surface area contributed by atoms with Gasteiger partial charge in [0.05, 0.1) is 0 Å². The second-order valence-electron chi connectivity index (χ2n) is 6.31. The second-order valence-corrected chi connectivity index (χ2v) is 6.31. The highest BCUT2D eigenvalue weighted by Crippen LogP contribution is 2.27. The van der Waals surface area contributed by atoms with Crippen molar-refractivity contribution in [3.05, 3.63) is 42.0 Å². The fourth-order valence-corrected chi connectivity index (χ4v) is 3.30. The second kappa shape index (κ2) is 7.99. The van der Waals surface area contributed by atoms with Gasteiger partial charge in [0.15, 0.2) is 5.96 Å². The van der Waals surface area contributed by atoms with Gasteiger partial charge in [-0.25, -0.2) is 0 Å². The number of fused-ring (bicyclic) bond motifs is 1. The molecule has 1 aromatic rings. The first-order valence-corrected chi connectivity index (χ1v) is 8.78. The Morgan fingerprint density at radius 1 is 1.29 bits per heavy atom. The fourth-order valence-electron chi connectivity index (χ4n) is 3.30. The molecule has 3 rings (SSSR count). The standard InChI is InChI=1S/C19H26N4O/c1-20-19(22-16-8-3-4-9-16)21-13-6-11-18(24)23-14-12-15-7-2-5-10-17(15)23/h2-5,7,10,16H,6,8-9,11-14H2,1H3,(H2,20,21,22). The van der Waals surface area contributed by atoms with Crippen molar-refractivity contribution in [1.82, 2.24) is 10.6 Å². The smallest absolute Gasteiger partial charge is 0.227 e. The summed E-state index contributed by atoms with van der Waals surface area (Å²) in [6.45, 7) is 1.56. The third kappa shape index (κ3) is 3.96. The van der Waals surface area contributed by atoms with Crippen molar-refractivity contribution < 1.29 is 4.79 Å². The molecule has 0 saturated carbocycles. The summed E-state index contributed by atoms with van der Waals surface area (Å²) in [6.07, 6.45) is 8.81. The third-order valence-corrected chi connectivity index (χ3v) is 4.62. The number of rotatable bonds is 5. The van der Waals surface area contributed by atoms with Crippen LogP contribution in [0, 0.1) is 0 Å². The third-order valence-electron chi connectivity index (χ3n) is 4.62. The lowest BCUT2D eigenvalue weighted by Crippen LogP contribution is -2.43. The van der Waals surface area contributed by atoms with E-state index in [-0.39, 0.29) is 5.91 Å². The van der Waals surface area contributed by atoms with Gasteiger partial charge in [0.25, 0.3) is 0 Å². The minimum absolute atomic E-state index is 0.213. The van der Waals surface area contributed by atoms with Gasteiger partial charge in [-0.2, -0.15) is 0 Å². The quantitative estimate of drug-likeness (QED) is 0.378. The minimum Gasteiger partial charge on any atom is -0.356 e. The molecule has 1 aromatic carbocycles. The highest BCUT2D eigenvalue weighted by atomic mass is 16.2. The van der Waals surface area contributed by atoms with E-state index < -0.39 is 0 Å². The predicted molar refractivity (Wildman–Crippen MR) is 98.4 cm³/mol. The average Bonchev–Trinajstić information content (AvgIpc) is 3.26. The molecular weight excluding hydrogens is 300 g/mol. The Hall–Kier alpha value is -2.30. The number of para-hydroxylation sites is 1. The summed E-state index contributed by atoms with van der Waals surface area (Å²) in [4.78, 5) is 18.6. The summed E-state index contributed by atoms with van der Waals surface area (Å²) >= 11 is 0. The van der Waals surface area contributed by atoms with Crippen LogP contribution in [0.4, 0.5) is 5.69 Å². The van der Waals surface area contributed by atoms with Gasteiger partial charge >= 0.3 is 0 Å². The molecular formula is C19H26N4O. The summed E-state index contributed by atoms with van der Waals surface area (Å²) in [5.74, 6) is 1.03. The van der Waals surface area contributed by atoms with Crippen LogP contribution in [0.3, 0.4) is 0 Å². The van der Waals surface area contributed by atoms with E-state index >= 15 is 0 Å². The van der Waals surface area contributed by atoms with E-state index in [2.05, 4.69) is 33.8 Å². The SMILES string of the molecule is CN=C(NCCCC(=O)N1CCc2ccccc21)NC1CC=CC1. The van der Waals surface area contributed by atoms with Gasteiger partial charge in [-0.15, -0.1) is 0 Å². The van der Waals surface area contributed by atoms with Gasteiger partial charge in [-0.3, -0.25) is 9.79 Å². The molecule has 0 saturated heterocycles. The molecule has 0 radical (unpaired) electrons. The molecule has 0 unspecified atom stereocenters. The van der Waals surface area contributed by atoms with Crippen molar-refractivity contribution in [2.75, 3.05) is 25.0 Å². The average molecular weight is 326 g/mol. The molecule has 0 fully saturated rings. The molecule has 5 nitrogen and oxygen atoms in total. The highest BCUT2D eigenvalue weighted by Gasteiger charge is 2.23. The van der Waals surface area contributed by atoms with Crippen LogP contribution in [-0.2, 0) is 11.2 Å². The Morgan fingerprint density at radius 2 is 2.08 bits per heavy atom. The zero-order chi connectivity index (χ0) is 16.8. The summed E-state index contributed by atoms with van der Waals surface area (Å²) in [7, 11) is 1.78. The van der Waals surface area contributed by atoms with Crippen LogP contribution in [0.25, 0.3) is 0 Å². The van der Waals surface area contributed by atoms with Crippen molar-refractivity contribution >= 4 is 17.6 Å². The lowest BCUT2D eigenvalue weighted by atomic mass is 10.2. The lowest BCUT2D eigenvalue weighted by Gasteiger charge is -2.18. The lowest BCUT2D eigenvalue weighted by molar-refractivity contribution is -0.118. The number of carbonyl (C=O) groups excluding carboxylic acids is 1. The Morgan fingerprint density at radius 3 is 2.88 bits per heavy atom. The molecule has 128 valence electrons. The van der Waals surface area contributed by atoms with Gasteiger partial charge in [-0.1, -0.05) is 30.4 Å². The molecule has 24 heavy (non-hydrogen) atoms. The van der Waals surface area contributed by atoms with Crippen molar-refractivity contribution in [3.63, 3.8) is 0 Å². The van der Waals surface area contributed by atoms with Crippen LogP contribution < -0.4 is 15.5 Å². The Labute approximate surface area is 143 Å². The Balaban J connectivity index is 1.39. The molecule has 1 aliphatic heterocycles. The number of nitrogens with zero attached hydrogens (tertiary/aromatic N) is 2. The molecule has 1 heterocycles. The number of guanidine groups is 1. The first-order chi connectivity index (χ1) is 11.8. The van der Waals surface area contributed by atoms with Crippen molar-refractivity contribution in [2.24, 2.45) is 4.99 Å². The highest BCUT2D eigenvalue weighted by molar-refractivity contribution is 5.95. The van der Waals surface area contributed by atoms with Crippen LogP contribution in [-0.4, -0.2) is 38.0 Å². The van der Waals surface area contributed by atoms with E-state index in [0.29, 0.717) is 12.5 Å². The van der Waals surface area contributed by atoms with Gasteiger partial charge < -0.3 is 15.5 Å². The largest absolute Gasteiger partial charge is 0.356 e. The summed E-state index contributed by atoms with van der Waals surface area (Å²) in [5, 5.41) is 6.70. The zero-order valence-corrected chi connectivity index (χ0v) is 14.3. The maximum atomic E-state index is 12.4. The topological polar surface area (TPSA) is 56.7 Å². The number of anilines is 1. The van der Waals surface area contributed by atoms with E-state index in [1.54, 1.807) is 7.05 Å². The van der Waals surface area contributed by atoms with Crippen LogP contribution in [0.2, 0.25) is 0 Å². The summed E-state index contributed by atoms with van der Waals surface area (Å²) in [6, 6.07) is 8.63. The van der Waals surface area contributed by atoms with E-state index in [4.69, 9.17) is 0 Å². The maximum absolute atomic E-state index is 12.4. The predicted octanol–water partition coefficient (Wildman–Crippen LogP) is 2.24. The number of amides is 1. The van der Waals surface area contributed by atoms with Crippen LogP contribution in [0.15, 0.2) is 41.4 Å². The summed E-state index contributed by atoms with van der Waals surface area (Å²) in [5.41, 5.74) is 2.36. The number of aliphatic imine (C=N–C) groups is 1. The van der Waals surface area contributed by atoms with E-state index in [9.17, 15) is 4.79 Å². The number of nitrogens with one attached hydrogen (secondary N) is 2. The monoisotopic (exact) mass is 326 g/mol. The maximum Gasteiger partial charge on any atom is 0.227 e. The van der Waals surface area contributed by atoms with E-state index in [1.165, 1.54) is 5.56 Å². The first-order valence-electron chi connectivity index (χ1n) is 8.78. The Bertz CT molecular complexity index is 630. The molecule has 0 atom stereocenters. The number of hydrogen-bond donors (Lipinski definition) is 2. The fraction of sp³-hybridized carbons (Fsp3) is 0.474. The van der Waals surface area contributed by atoms with E-state index in [0.717, 1.165) is 50.4 Å². The number of carbonyl (C=O) groups is 1. The minimum atomic E-state index is 0.213. The molecule has 2 aliphatic rings. The zero-order valence-electron chi connectivity index (χ0n) is 14.3. The Kier molecular flexibility index (Phi) is 5.51. The van der Waals surface area contributed by atoms with Crippen LogP contribution in [0.1, 0.15) is 31.2 Å². The molecule has 2 N–H and O–H groups in total. The van der Waals surface area contributed by atoms with Gasteiger partial charge in [-0.05, 0) is 37.3 Å². The van der Waals surface area contributed by atoms with Gasteiger partial charge in [0, 0.05) is 38.3 Å². The van der Waals surface area contributed by atoms with Crippen molar-refractivity contribution in [1.29, 1.82) is 0 Å². The summed E-state index contributed by atoms with van der Waals surface area (Å²) < 4.78 is 0. The van der Waals surface area contributed by atoms with E-state index in [1.807, 2.05) is 23.1 Å². The van der Waals surface area contributed by atoms with Crippen molar-refractivity contribution in [2.45, 2.75) is 38.1 Å². The molecule has 5 heteroatoms. The number of benzene rings is 1. The van der Waals surface area contributed by atoms with Crippen LogP contribution in [0.5, 0.6) is 0 Å². The number of hydrogen-bond acceptors (Lipinski definition) is 2. The van der Waals surface area contributed by atoms with Crippen molar-refractivity contribution in [3.8, 4) is 0 Å². The first kappa shape index (κ1) is 16.6.